The molecule has 0 saturated carbocycles. The number of hydrogen-bond donors (Lipinski definition) is 1. The molecule has 2 unspecified atom stereocenters. The van der Waals surface area contributed by atoms with Gasteiger partial charge in [-0.3, -0.25) is 0 Å². The fourth-order valence-corrected chi connectivity index (χ4v) is 2.71. The van der Waals surface area contributed by atoms with Crippen molar-refractivity contribution in [1.29, 1.82) is 0 Å². The molecule has 0 radical (unpaired) electrons. The summed E-state index contributed by atoms with van der Waals surface area (Å²) in [5.41, 5.74) is 1.23. The Labute approximate surface area is 114 Å². The molecule has 2 heterocycles. The molecule has 0 aromatic heterocycles. The van der Waals surface area contributed by atoms with Gasteiger partial charge in [-0.2, -0.15) is 0 Å². The summed E-state index contributed by atoms with van der Waals surface area (Å²) < 4.78 is 11.5. The Balaban J connectivity index is 1.86. The minimum absolute atomic E-state index is 0.501. The number of fused-ring (bicyclic) bond motifs is 1. The highest BCUT2D eigenvalue weighted by molar-refractivity contribution is 5.57. The van der Waals surface area contributed by atoms with Gasteiger partial charge >= 0.3 is 0 Å². The van der Waals surface area contributed by atoms with Crippen molar-refractivity contribution >= 4 is 5.69 Å². The van der Waals surface area contributed by atoms with Crippen LogP contribution >= 0.6 is 0 Å². The Morgan fingerprint density at radius 2 is 1.95 bits per heavy atom. The second-order valence-corrected chi connectivity index (χ2v) is 5.49. The molecule has 104 valence electrons. The number of benzene rings is 1. The van der Waals surface area contributed by atoms with Crippen LogP contribution in [0.5, 0.6) is 11.5 Å². The van der Waals surface area contributed by atoms with Crippen LogP contribution < -0.4 is 19.7 Å². The molecule has 1 aromatic carbocycles. The molecular weight excluding hydrogens is 240 g/mol. The largest absolute Gasteiger partial charge is 0.490 e. The number of nitrogens with one attached hydrogen (secondary N) is 1. The fraction of sp³-hybridized carbons (Fsp3) is 0.600. The van der Waals surface area contributed by atoms with Crippen LogP contribution in [0, 0.1) is 0 Å². The molecule has 0 bridgehead atoms. The normalized spacial score (nSPS) is 26.9. The van der Waals surface area contributed by atoms with Crippen molar-refractivity contribution in [3.8, 4) is 11.5 Å². The second-order valence-electron chi connectivity index (χ2n) is 5.49. The first-order valence-electron chi connectivity index (χ1n) is 7.14. The minimum Gasteiger partial charge on any atom is -0.490 e. The standard InChI is InChI=1S/C15H22N2O2/c1-11-10-17(12(2)9-16-11)13-4-5-14-15(8-13)19-7-3-6-18-14/h4-5,8,11-12,16H,3,6-7,9-10H2,1-2H3. The van der Waals surface area contributed by atoms with Gasteiger partial charge in [0.25, 0.3) is 0 Å². The molecule has 1 fully saturated rings. The van der Waals surface area contributed by atoms with E-state index in [1.165, 1.54) is 5.69 Å². The number of rotatable bonds is 1. The molecule has 19 heavy (non-hydrogen) atoms. The maximum atomic E-state index is 5.77. The minimum atomic E-state index is 0.501. The molecule has 3 rings (SSSR count). The second kappa shape index (κ2) is 5.29. The van der Waals surface area contributed by atoms with E-state index in [4.69, 9.17) is 9.47 Å². The molecule has 4 heteroatoms. The van der Waals surface area contributed by atoms with Gasteiger partial charge in [-0.25, -0.2) is 0 Å². The average molecular weight is 262 g/mol. The average Bonchev–Trinajstić information content (AvgIpc) is 2.66. The van der Waals surface area contributed by atoms with Crippen LogP contribution in [0.25, 0.3) is 0 Å². The lowest BCUT2D eigenvalue weighted by atomic mass is 10.1. The number of piperazine rings is 1. The lowest BCUT2D eigenvalue weighted by molar-refractivity contribution is 0.297. The molecule has 0 amide bonds. The van der Waals surface area contributed by atoms with Crippen molar-refractivity contribution < 1.29 is 9.47 Å². The van der Waals surface area contributed by atoms with Crippen LogP contribution in [0.15, 0.2) is 18.2 Å². The van der Waals surface area contributed by atoms with Crippen molar-refractivity contribution in [2.24, 2.45) is 0 Å². The Hall–Kier alpha value is -1.42. The lowest BCUT2D eigenvalue weighted by Crippen LogP contribution is -2.54. The summed E-state index contributed by atoms with van der Waals surface area (Å²) in [6.45, 7) is 8.01. The molecular formula is C15H22N2O2. The molecule has 2 aliphatic heterocycles. The maximum absolute atomic E-state index is 5.77. The smallest absolute Gasteiger partial charge is 0.163 e. The summed E-state index contributed by atoms with van der Waals surface area (Å²) in [6, 6.07) is 7.32. The number of hydrogen-bond acceptors (Lipinski definition) is 4. The van der Waals surface area contributed by atoms with Gasteiger partial charge in [0, 0.05) is 43.3 Å². The van der Waals surface area contributed by atoms with Crippen LogP contribution in [0.1, 0.15) is 20.3 Å². The summed E-state index contributed by atoms with van der Waals surface area (Å²) in [7, 11) is 0. The third-order valence-electron chi connectivity index (χ3n) is 3.83. The summed E-state index contributed by atoms with van der Waals surface area (Å²) in [5, 5.41) is 3.51. The van der Waals surface area contributed by atoms with E-state index in [1.807, 2.05) is 6.07 Å². The Kier molecular flexibility index (Phi) is 3.51. The summed E-state index contributed by atoms with van der Waals surface area (Å²) in [4.78, 5) is 2.44. The van der Waals surface area contributed by atoms with E-state index in [0.29, 0.717) is 12.1 Å². The molecule has 1 aromatic rings. The maximum Gasteiger partial charge on any atom is 0.163 e. The van der Waals surface area contributed by atoms with Crippen LogP contribution in [0.2, 0.25) is 0 Å². The predicted molar refractivity (Wildman–Crippen MR) is 76.3 cm³/mol. The zero-order valence-corrected chi connectivity index (χ0v) is 11.7. The van der Waals surface area contributed by atoms with Crippen molar-refractivity contribution in [1.82, 2.24) is 5.32 Å². The van der Waals surface area contributed by atoms with Gasteiger partial charge < -0.3 is 19.7 Å². The van der Waals surface area contributed by atoms with Gasteiger partial charge in [-0.15, -0.1) is 0 Å². The summed E-state index contributed by atoms with van der Waals surface area (Å²) >= 11 is 0. The third kappa shape index (κ3) is 2.63. The Morgan fingerprint density at radius 1 is 1.16 bits per heavy atom. The number of ether oxygens (including phenoxy) is 2. The van der Waals surface area contributed by atoms with E-state index in [-0.39, 0.29) is 0 Å². The van der Waals surface area contributed by atoms with Gasteiger partial charge in [-0.1, -0.05) is 0 Å². The first-order chi connectivity index (χ1) is 9.24. The van der Waals surface area contributed by atoms with Crippen molar-refractivity contribution in [2.75, 3.05) is 31.2 Å². The zero-order valence-electron chi connectivity index (χ0n) is 11.7. The van der Waals surface area contributed by atoms with E-state index < -0.39 is 0 Å². The Bertz CT molecular complexity index is 450. The van der Waals surface area contributed by atoms with E-state index in [1.54, 1.807) is 0 Å². The fourth-order valence-electron chi connectivity index (χ4n) is 2.71. The highest BCUT2D eigenvalue weighted by Gasteiger charge is 2.23. The van der Waals surface area contributed by atoms with Gasteiger partial charge in [-0.05, 0) is 26.0 Å². The summed E-state index contributed by atoms with van der Waals surface area (Å²) in [5.74, 6) is 1.76. The number of nitrogens with zero attached hydrogens (tertiary/aromatic N) is 1. The van der Waals surface area contributed by atoms with Gasteiger partial charge in [0.05, 0.1) is 13.2 Å². The molecule has 0 spiro atoms. The van der Waals surface area contributed by atoms with Gasteiger partial charge in [0.2, 0.25) is 0 Å². The molecule has 0 aliphatic carbocycles. The number of anilines is 1. The Morgan fingerprint density at radius 3 is 2.79 bits per heavy atom. The lowest BCUT2D eigenvalue weighted by Gasteiger charge is -2.39. The first-order valence-corrected chi connectivity index (χ1v) is 7.14. The molecule has 1 N–H and O–H groups in total. The van der Waals surface area contributed by atoms with E-state index in [2.05, 4.69) is 36.2 Å². The van der Waals surface area contributed by atoms with Crippen LogP contribution in [-0.4, -0.2) is 38.4 Å². The van der Waals surface area contributed by atoms with E-state index in [9.17, 15) is 0 Å². The molecule has 4 nitrogen and oxygen atoms in total. The molecule has 2 atom stereocenters. The zero-order chi connectivity index (χ0) is 13.2. The monoisotopic (exact) mass is 262 g/mol. The highest BCUT2D eigenvalue weighted by atomic mass is 16.5. The molecule has 2 aliphatic rings. The van der Waals surface area contributed by atoms with E-state index >= 15 is 0 Å². The summed E-state index contributed by atoms with van der Waals surface area (Å²) in [6.07, 6.45) is 0.949. The van der Waals surface area contributed by atoms with Crippen molar-refractivity contribution in [3.63, 3.8) is 0 Å². The predicted octanol–water partition coefficient (Wildman–Crippen LogP) is 2.03. The first kappa shape index (κ1) is 12.6. The van der Waals surface area contributed by atoms with Gasteiger partial charge in [0.15, 0.2) is 11.5 Å². The quantitative estimate of drug-likeness (QED) is 0.839. The van der Waals surface area contributed by atoms with Crippen LogP contribution in [-0.2, 0) is 0 Å². The van der Waals surface area contributed by atoms with Gasteiger partial charge in [0.1, 0.15) is 0 Å². The van der Waals surface area contributed by atoms with Crippen molar-refractivity contribution in [2.45, 2.75) is 32.4 Å². The van der Waals surface area contributed by atoms with E-state index in [0.717, 1.165) is 44.2 Å². The van der Waals surface area contributed by atoms with Crippen LogP contribution in [0.4, 0.5) is 5.69 Å². The van der Waals surface area contributed by atoms with Crippen molar-refractivity contribution in [3.05, 3.63) is 18.2 Å². The SMILES string of the molecule is CC1CN(c2ccc3c(c2)OCCCO3)C(C)CN1. The third-order valence-corrected chi connectivity index (χ3v) is 3.83. The molecule has 1 saturated heterocycles. The topological polar surface area (TPSA) is 33.7 Å². The highest BCUT2D eigenvalue weighted by Crippen LogP contribution is 2.34. The van der Waals surface area contributed by atoms with Crippen LogP contribution in [0.3, 0.4) is 0 Å².